The van der Waals surface area contributed by atoms with Crippen molar-refractivity contribution in [3.63, 3.8) is 0 Å². The van der Waals surface area contributed by atoms with E-state index in [1.165, 1.54) is 0 Å². The Hall–Kier alpha value is -1.35. The van der Waals surface area contributed by atoms with Gasteiger partial charge in [0.15, 0.2) is 5.78 Å². The zero-order chi connectivity index (χ0) is 14.0. The standard InChI is InChI=1S/C16H23NO2/c1-11-8-12(2)14(13(9-11)19-4)15(18)16(3)6-5-7-17-10-16/h8-9,17H,5-7,10H2,1-4H3. The number of benzene rings is 1. The van der Waals surface area contributed by atoms with Crippen LogP contribution in [0.15, 0.2) is 12.1 Å². The van der Waals surface area contributed by atoms with E-state index >= 15 is 0 Å². The summed E-state index contributed by atoms with van der Waals surface area (Å²) in [7, 11) is 1.63. The maximum atomic E-state index is 12.9. The number of Topliss-reactive ketones (excluding diaryl/α,β-unsaturated/α-hetero) is 1. The SMILES string of the molecule is COc1cc(C)cc(C)c1C(=O)C1(C)CCCNC1. The molecule has 1 fully saturated rings. The highest BCUT2D eigenvalue weighted by Gasteiger charge is 2.37. The molecule has 0 bridgehead atoms. The molecule has 1 heterocycles. The molecule has 1 unspecified atom stereocenters. The summed E-state index contributed by atoms with van der Waals surface area (Å²) >= 11 is 0. The molecule has 0 spiro atoms. The Morgan fingerprint density at radius 1 is 1.37 bits per heavy atom. The summed E-state index contributed by atoms with van der Waals surface area (Å²) in [5.74, 6) is 0.906. The van der Waals surface area contributed by atoms with Crippen LogP contribution in [0.3, 0.4) is 0 Å². The van der Waals surface area contributed by atoms with Gasteiger partial charge < -0.3 is 10.1 Å². The fourth-order valence-electron chi connectivity index (χ4n) is 2.93. The number of hydrogen-bond donors (Lipinski definition) is 1. The van der Waals surface area contributed by atoms with Gasteiger partial charge in [-0.25, -0.2) is 0 Å². The van der Waals surface area contributed by atoms with Gasteiger partial charge in [0.25, 0.3) is 0 Å². The number of nitrogens with one attached hydrogen (secondary N) is 1. The summed E-state index contributed by atoms with van der Waals surface area (Å²) in [5.41, 5.74) is 2.57. The molecule has 0 aliphatic carbocycles. The molecule has 0 amide bonds. The van der Waals surface area contributed by atoms with Crippen molar-refractivity contribution in [2.24, 2.45) is 5.41 Å². The molecule has 3 heteroatoms. The summed E-state index contributed by atoms with van der Waals surface area (Å²) in [6.07, 6.45) is 1.99. The third-order valence-corrected chi connectivity index (χ3v) is 4.04. The monoisotopic (exact) mass is 261 g/mol. The van der Waals surface area contributed by atoms with Crippen molar-refractivity contribution < 1.29 is 9.53 Å². The maximum absolute atomic E-state index is 12.9. The molecule has 0 radical (unpaired) electrons. The van der Waals surface area contributed by atoms with Gasteiger partial charge in [-0.3, -0.25) is 4.79 Å². The Labute approximate surface area is 115 Å². The molecular weight excluding hydrogens is 238 g/mol. The first-order valence-electron chi connectivity index (χ1n) is 6.89. The topological polar surface area (TPSA) is 38.3 Å². The first kappa shape index (κ1) is 14.1. The van der Waals surface area contributed by atoms with Crippen LogP contribution in [0.25, 0.3) is 0 Å². The number of hydrogen-bond acceptors (Lipinski definition) is 3. The number of ether oxygens (including phenoxy) is 1. The van der Waals surface area contributed by atoms with E-state index in [9.17, 15) is 4.79 Å². The van der Waals surface area contributed by atoms with Crippen LogP contribution in [0.2, 0.25) is 0 Å². The zero-order valence-corrected chi connectivity index (χ0v) is 12.3. The second-order valence-electron chi connectivity index (χ2n) is 5.83. The average Bonchev–Trinajstić information content (AvgIpc) is 2.38. The van der Waals surface area contributed by atoms with Gasteiger partial charge in [-0.1, -0.05) is 13.0 Å². The number of rotatable bonds is 3. The summed E-state index contributed by atoms with van der Waals surface area (Å²) in [5, 5.41) is 3.33. The van der Waals surface area contributed by atoms with Crippen molar-refractivity contribution in [1.82, 2.24) is 5.32 Å². The molecule has 104 valence electrons. The third kappa shape index (κ3) is 2.66. The third-order valence-electron chi connectivity index (χ3n) is 4.04. The van der Waals surface area contributed by atoms with Crippen LogP contribution in [0.1, 0.15) is 41.3 Å². The number of carbonyl (C=O) groups is 1. The van der Waals surface area contributed by atoms with Gasteiger partial charge in [-0.15, -0.1) is 0 Å². The van der Waals surface area contributed by atoms with E-state index in [0.29, 0.717) is 5.75 Å². The normalized spacial score (nSPS) is 23.2. The van der Waals surface area contributed by atoms with Gasteiger partial charge in [0.05, 0.1) is 12.7 Å². The van der Waals surface area contributed by atoms with Crippen LogP contribution < -0.4 is 10.1 Å². The summed E-state index contributed by atoms with van der Waals surface area (Å²) < 4.78 is 5.42. The van der Waals surface area contributed by atoms with Gasteiger partial charge in [-0.05, 0) is 50.4 Å². The van der Waals surface area contributed by atoms with Crippen molar-refractivity contribution in [3.05, 3.63) is 28.8 Å². The number of piperidine rings is 1. The predicted octanol–water partition coefficient (Wildman–Crippen LogP) is 2.88. The highest BCUT2D eigenvalue weighted by atomic mass is 16.5. The Kier molecular flexibility index (Phi) is 3.95. The van der Waals surface area contributed by atoms with Crippen molar-refractivity contribution in [1.29, 1.82) is 0 Å². The van der Waals surface area contributed by atoms with Crippen molar-refractivity contribution in [2.45, 2.75) is 33.6 Å². The zero-order valence-electron chi connectivity index (χ0n) is 12.3. The Bertz CT molecular complexity index is 488. The lowest BCUT2D eigenvalue weighted by Gasteiger charge is -2.33. The lowest BCUT2D eigenvalue weighted by molar-refractivity contribution is 0.0769. The second-order valence-corrected chi connectivity index (χ2v) is 5.83. The van der Waals surface area contributed by atoms with Crippen molar-refractivity contribution in [3.8, 4) is 5.75 Å². The second kappa shape index (κ2) is 5.33. The van der Waals surface area contributed by atoms with Crippen LogP contribution >= 0.6 is 0 Å². The number of ketones is 1. The first-order chi connectivity index (χ1) is 8.98. The molecule has 1 saturated heterocycles. The maximum Gasteiger partial charge on any atom is 0.173 e. The Morgan fingerprint density at radius 3 is 2.68 bits per heavy atom. The van der Waals surface area contributed by atoms with Crippen LogP contribution in [0.4, 0.5) is 0 Å². The molecule has 0 saturated carbocycles. The fraction of sp³-hybridized carbons (Fsp3) is 0.562. The molecule has 1 atom stereocenters. The van der Waals surface area contributed by atoms with E-state index in [2.05, 4.69) is 18.3 Å². The quantitative estimate of drug-likeness (QED) is 0.850. The molecule has 0 aromatic heterocycles. The molecular formula is C16H23NO2. The van der Waals surface area contributed by atoms with E-state index in [4.69, 9.17) is 4.74 Å². The predicted molar refractivity (Wildman–Crippen MR) is 77.0 cm³/mol. The molecule has 3 nitrogen and oxygen atoms in total. The van der Waals surface area contributed by atoms with E-state index in [1.807, 2.05) is 19.9 Å². The average molecular weight is 261 g/mol. The van der Waals surface area contributed by atoms with Crippen molar-refractivity contribution >= 4 is 5.78 Å². The highest BCUT2D eigenvalue weighted by Crippen LogP contribution is 2.35. The van der Waals surface area contributed by atoms with Gasteiger partial charge in [0.1, 0.15) is 5.75 Å². The lowest BCUT2D eigenvalue weighted by atomic mass is 9.75. The van der Waals surface area contributed by atoms with E-state index in [0.717, 1.165) is 42.6 Å². The van der Waals surface area contributed by atoms with E-state index in [-0.39, 0.29) is 11.2 Å². The van der Waals surface area contributed by atoms with Crippen LogP contribution in [-0.2, 0) is 0 Å². The summed E-state index contributed by atoms with van der Waals surface area (Å²) in [4.78, 5) is 12.9. The number of aryl methyl sites for hydroxylation is 2. The molecule has 1 aromatic carbocycles. The van der Waals surface area contributed by atoms with Gasteiger partial charge in [-0.2, -0.15) is 0 Å². The van der Waals surface area contributed by atoms with Crippen LogP contribution in [0, 0.1) is 19.3 Å². The molecule has 1 aromatic rings. The Balaban J connectivity index is 2.43. The number of carbonyl (C=O) groups excluding carboxylic acids is 1. The van der Waals surface area contributed by atoms with Crippen LogP contribution in [-0.4, -0.2) is 26.0 Å². The van der Waals surface area contributed by atoms with E-state index < -0.39 is 0 Å². The first-order valence-corrected chi connectivity index (χ1v) is 6.89. The highest BCUT2D eigenvalue weighted by molar-refractivity contribution is 6.04. The number of methoxy groups -OCH3 is 1. The van der Waals surface area contributed by atoms with E-state index in [1.54, 1.807) is 7.11 Å². The van der Waals surface area contributed by atoms with Gasteiger partial charge >= 0.3 is 0 Å². The Morgan fingerprint density at radius 2 is 2.11 bits per heavy atom. The lowest BCUT2D eigenvalue weighted by Crippen LogP contribution is -2.43. The minimum Gasteiger partial charge on any atom is -0.496 e. The summed E-state index contributed by atoms with van der Waals surface area (Å²) in [6, 6.07) is 4.00. The van der Waals surface area contributed by atoms with Crippen molar-refractivity contribution in [2.75, 3.05) is 20.2 Å². The smallest absolute Gasteiger partial charge is 0.173 e. The van der Waals surface area contributed by atoms with Gasteiger partial charge in [0, 0.05) is 12.0 Å². The van der Waals surface area contributed by atoms with Gasteiger partial charge in [0.2, 0.25) is 0 Å². The molecule has 2 rings (SSSR count). The summed E-state index contributed by atoms with van der Waals surface area (Å²) in [6.45, 7) is 7.82. The van der Waals surface area contributed by atoms with Crippen LogP contribution in [0.5, 0.6) is 5.75 Å². The molecule has 1 aliphatic heterocycles. The molecule has 19 heavy (non-hydrogen) atoms. The molecule has 1 N–H and O–H groups in total. The minimum atomic E-state index is -0.314. The fourth-order valence-corrected chi connectivity index (χ4v) is 2.93. The molecule has 1 aliphatic rings. The minimum absolute atomic E-state index is 0.203. The largest absolute Gasteiger partial charge is 0.496 e.